The van der Waals surface area contributed by atoms with Gasteiger partial charge in [0.15, 0.2) is 0 Å². The fourth-order valence-electron chi connectivity index (χ4n) is 0.648. The third-order valence-electron chi connectivity index (χ3n) is 1.08. The highest BCUT2D eigenvalue weighted by Gasteiger charge is 2.09. The van der Waals surface area contributed by atoms with Crippen molar-refractivity contribution in [2.24, 2.45) is 0 Å². The second-order valence-electron chi connectivity index (χ2n) is 1.71. The van der Waals surface area contributed by atoms with Crippen LogP contribution in [0.25, 0.3) is 0 Å². The Morgan fingerprint density at radius 1 is 1.33 bits per heavy atom. The molecule has 0 aromatic heterocycles. The van der Waals surface area contributed by atoms with E-state index in [9.17, 15) is 0 Å². The van der Waals surface area contributed by atoms with Crippen molar-refractivity contribution < 1.29 is 4.74 Å². The molecule has 12 heavy (non-hydrogen) atoms. The van der Waals surface area contributed by atoms with Crippen LogP contribution in [0.4, 0.5) is 0 Å². The average molecular weight is 172 g/mol. The van der Waals surface area contributed by atoms with E-state index < -0.39 is 0 Å². The third-order valence-corrected chi connectivity index (χ3v) is 1.08. The molecule has 0 bridgehead atoms. The predicted molar refractivity (Wildman–Crippen MR) is 50.9 cm³/mol. The summed E-state index contributed by atoms with van der Waals surface area (Å²) in [4.78, 5) is 0. The number of nitrogens with zero attached hydrogens (tertiary/aromatic N) is 1. The molecule has 0 aromatic rings. The minimum atomic E-state index is -0.0799. The lowest BCUT2D eigenvalue weighted by atomic mass is 10.3. The lowest BCUT2D eigenvalue weighted by Crippen LogP contribution is -2.39. The van der Waals surface area contributed by atoms with Gasteiger partial charge in [-0.15, -0.1) is 0 Å². The van der Waals surface area contributed by atoms with Crippen molar-refractivity contribution in [1.29, 1.82) is 5.26 Å². The first kappa shape index (κ1) is 14.0. The minimum absolute atomic E-state index is 0.0799. The molecule has 1 fully saturated rings. The Hall–Kier alpha value is -0.590. The Bertz CT molecular complexity index is 104. The Labute approximate surface area is 75.7 Å². The number of nitrogens with one attached hydrogen (secondary N) is 1. The molecular weight excluding hydrogens is 152 g/mol. The normalized spacial score (nSPS) is 20.4. The number of morpholine rings is 1. The highest BCUT2D eigenvalue weighted by atomic mass is 16.5. The topological polar surface area (TPSA) is 45.0 Å². The molecule has 0 aromatic carbocycles. The van der Waals surface area contributed by atoms with Crippen LogP contribution in [0.1, 0.15) is 27.7 Å². The first-order valence-electron chi connectivity index (χ1n) is 4.64. The van der Waals surface area contributed by atoms with Gasteiger partial charge in [-0.3, -0.25) is 5.32 Å². The van der Waals surface area contributed by atoms with Crippen molar-refractivity contribution in [3.63, 3.8) is 0 Å². The zero-order valence-electron chi connectivity index (χ0n) is 8.55. The van der Waals surface area contributed by atoms with Gasteiger partial charge in [0.1, 0.15) is 6.04 Å². The largest absolute Gasteiger partial charge is 0.377 e. The molecule has 0 amide bonds. The van der Waals surface area contributed by atoms with Gasteiger partial charge in [-0.1, -0.05) is 27.7 Å². The summed E-state index contributed by atoms with van der Waals surface area (Å²) >= 11 is 0. The highest BCUT2D eigenvalue weighted by molar-refractivity contribution is 4.90. The Kier molecular flexibility index (Phi) is 15.2. The molecule has 1 N–H and O–H groups in total. The molecule has 3 nitrogen and oxygen atoms in total. The van der Waals surface area contributed by atoms with E-state index in [-0.39, 0.29) is 6.04 Å². The fourth-order valence-corrected chi connectivity index (χ4v) is 0.648. The van der Waals surface area contributed by atoms with Gasteiger partial charge >= 0.3 is 0 Å². The second-order valence-corrected chi connectivity index (χ2v) is 1.71. The number of ether oxygens (including phenoxy) is 1. The molecule has 1 heterocycles. The fraction of sp³-hybridized carbons (Fsp3) is 0.889. The SMILES string of the molecule is CC.CC.N#CC1COCCN1. The summed E-state index contributed by atoms with van der Waals surface area (Å²) in [6.45, 7) is 10.1. The van der Waals surface area contributed by atoms with E-state index >= 15 is 0 Å². The lowest BCUT2D eigenvalue weighted by Gasteiger charge is -2.16. The maximum absolute atomic E-state index is 8.30. The van der Waals surface area contributed by atoms with Crippen LogP contribution in [-0.2, 0) is 4.74 Å². The Morgan fingerprint density at radius 2 is 1.92 bits per heavy atom. The van der Waals surface area contributed by atoms with E-state index in [1.165, 1.54) is 0 Å². The van der Waals surface area contributed by atoms with Gasteiger partial charge < -0.3 is 4.74 Å². The first-order chi connectivity index (χ1) is 5.93. The molecule has 0 radical (unpaired) electrons. The predicted octanol–water partition coefficient (Wildman–Crippen LogP) is 1.55. The van der Waals surface area contributed by atoms with Gasteiger partial charge in [-0.05, 0) is 0 Å². The van der Waals surface area contributed by atoms with E-state index in [0.717, 1.165) is 13.2 Å². The highest BCUT2D eigenvalue weighted by Crippen LogP contribution is 1.88. The van der Waals surface area contributed by atoms with Crippen molar-refractivity contribution in [2.45, 2.75) is 33.7 Å². The molecule has 3 heteroatoms. The molecule has 1 saturated heterocycles. The molecule has 1 unspecified atom stereocenters. The zero-order valence-corrected chi connectivity index (χ0v) is 8.55. The maximum atomic E-state index is 8.30. The van der Waals surface area contributed by atoms with Crippen LogP contribution in [0.15, 0.2) is 0 Å². The minimum Gasteiger partial charge on any atom is -0.377 e. The van der Waals surface area contributed by atoms with Gasteiger partial charge in [-0.2, -0.15) is 5.26 Å². The number of rotatable bonds is 0. The Balaban J connectivity index is 0. The zero-order chi connectivity index (χ0) is 9.82. The average Bonchev–Trinajstić information content (AvgIpc) is 2.25. The van der Waals surface area contributed by atoms with Crippen molar-refractivity contribution >= 4 is 0 Å². The van der Waals surface area contributed by atoms with Crippen LogP contribution >= 0.6 is 0 Å². The number of hydrogen-bond donors (Lipinski definition) is 1. The quantitative estimate of drug-likeness (QED) is 0.603. The molecule has 1 aliphatic heterocycles. The molecule has 0 aliphatic carbocycles. The van der Waals surface area contributed by atoms with E-state index in [4.69, 9.17) is 10.00 Å². The van der Waals surface area contributed by atoms with E-state index in [1.807, 2.05) is 27.7 Å². The van der Waals surface area contributed by atoms with Gasteiger partial charge in [0, 0.05) is 6.54 Å². The van der Waals surface area contributed by atoms with Crippen molar-refractivity contribution in [2.75, 3.05) is 19.8 Å². The molecule has 1 rings (SSSR count). The van der Waals surface area contributed by atoms with Crippen molar-refractivity contribution in [1.82, 2.24) is 5.32 Å². The molecular formula is C9H20N2O. The van der Waals surface area contributed by atoms with Gasteiger partial charge in [-0.25, -0.2) is 0 Å². The van der Waals surface area contributed by atoms with Crippen molar-refractivity contribution in [3.05, 3.63) is 0 Å². The molecule has 0 spiro atoms. The molecule has 1 aliphatic rings. The summed E-state index contributed by atoms with van der Waals surface area (Å²) in [5, 5.41) is 11.3. The van der Waals surface area contributed by atoms with Crippen LogP contribution in [0.5, 0.6) is 0 Å². The summed E-state index contributed by atoms with van der Waals surface area (Å²) in [5.74, 6) is 0. The van der Waals surface area contributed by atoms with Crippen LogP contribution in [0, 0.1) is 11.3 Å². The summed E-state index contributed by atoms with van der Waals surface area (Å²) in [5.41, 5.74) is 0. The second kappa shape index (κ2) is 13.0. The van der Waals surface area contributed by atoms with Crippen molar-refractivity contribution in [3.8, 4) is 6.07 Å². The monoisotopic (exact) mass is 172 g/mol. The number of hydrogen-bond acceptors (Lipinski definition) is 3. The summed E-state index contributed by atoms with van der Waals surface area (Å²) in [6, 6.07) is 1.99. The van der Waals surface area contributed by atoms with Gasteiger partial charge in [0.2, 0.25) is 0 Å². The number of nitriles is 1. The molecule has 72 valence electrons. The summed E-state index contributed by atoms with van der Waals surface area (Å²) in [6.07, 6.45) is 0. The maximum Gasteiger partial charge on any atom is 0.119 e. The van der Waals surface area contributed by atoms with Crippen LogP contribution < -0.4 is 5.32 Å². The van der Waals surface area contributed by atoms with E-state index in [1.54, 1.807) is 0 Å². The van der Waals surface area contributed by atoms with Crippen LogP contribution in [0.2, 0.25) is 0 Å². The summed E-state index contributed by atoms with van der Waals surface area (Å²) in [7, 11) is 0. The van der Waals surface area contributed by atoms with Gasteiger partial charge in [0.05, 0.1) is 19.3 Å². The van der Waals surface area contributed by atoms with Crippen LogP contribution in [0.3, 0.4) is 0 Å². The first-order valence-corrected chi connectivity index (χ1v) is 4.64. The summed E-state index contributed by atoms with van der Waals surface area (Å²) < 4.78 is 4.99. The third kappa shape index (κ3) is 7.52. The standard InChI is InChI=1S/C5H8N2O.2C2H6/c6-3-5-4-8-2-1-7-5;2*1-2/h5,7H,1-2,4H2;2*1-2H3. The molecule has 0 saturated carbocycles. The van der Waals surface area contributed by atoms with Crippen LogP contribution in [-0.4, -0.2) is 25.8 Å². The Morgan fingerprint density at radius 3 is 2.17 bits per heavy atom. The van der Waals surface area contributed by atoms with Gasteiger partial charge in [0.25, 0.3) is 0 Å². The van der Waals surface area contributed by atoms with E-state index in [2.05, 4.69) is 11.4 Å². The lowest BCUT2D eigenvalue weighted by molar-refractivity contribution is 0.0920. The molecule has 1 atom stereocenters. The smallest absolute Gasteiger partial charge is 0.119 e. The van der Waals surface area contributed by atoms with E-state index in [0.29, 0.717) is 6.61 Å².